The second-order valence-electron chi connectivity index (χ2n) is 6.25. The highest BCUT2D eigenvalue weighted by atomic mass is 32.2. The molecule has 26 heavy (non-hydrogen) atoms. The van der Waals surface area contributed by atoms with Crippen LogP contribution in [0.1, 0.15) is 6.42 Å². The first kappa shape index (κ1) is 19.4. The zero-order valence-corrected chi connectivity index (χ0v) is 15.1. The van der Waals surface area contributed by atoms with E-state index in [2.05, 4.69) is 0 Å². The molecule has 0 bridgehead atoms. The van der Waals surface area contributed by atoms with Gasteiger partial charge in [0, 0.05) is 5.39 Å². The minimum atomic E-state index is -1.33. The summed E-state index contributed by atoms with van der Waals surface area (Å²) in [6.07, 6.45) is -3.98. The Hall–Kier alpha value is -1.35. The lowest BCUT2D eigenvalue weighted by Crippen LogP contribution is -2.57. The largest absolute Gasteiger partial charge is 0.493 e. The van der Waals surface area contributed by atoms with E-state index in [0.29, 0.717) is 12.4 Å². The van der Waals surface area contributed by atoms with E-state index in [-0.39, 0.29) is 0 Å². The van der Waals surface area contributed by atoms with Gasteiger partial charge in [-0.2, -0.15) is 0 Å². The zero-order chi connectivity index (χ0) is 18.5. The second-order valence-corrected chi connectivity index (χ2v) is 7.45. The molecule has 1 fully saturated rings. The van der Waals surface area contributed by atoms with Crippen LogP contribution in [0, 0.1) is 0 Å². The van der Waals surface area contributed by atoms with Crippen molar-refractivity contribution in [3.8, 4) is 5.75 Å². The summed E-state index contributed by atoms with van der Waals surface area (Å²) in [7, 11) is 0. The lowest BCUT2D eigenvalue weighted by atomic mass is 10.0. The molecule has 5 atom stereocenters. The lowest BCUT2D eigenvalue weighted by molar-refractivity contribution is -0.205. The predicted molar refractivity (Wildman–Crippen MR) is 100 cm³/mol. The van der Waals surface area contributed by atoms with Crippen LogP contribution in [0.3, 0.4) is 0 Å². The number of ether oxygens (including phenoxy) is 2. The quantitative estimate of drug-likeness (QED) is 0.535. The van der Waals surface area contributed by atoms with Gasteiger partial charge in [-0.3, -0.25) is 0 Å². The summed E-state index contributed by atoms with van der Waals surface area (Å²) >= 11 is 1.33. The van der Waals surface area contributed by atoms with Crippen molar-refractivity contribution in [3.63, 3.8) is 0 Å². The molecule has 142 valence electrons. The average Bonchev–Trinajstić information content (AvgIpc) is 2.67. The van der Waals surface area contributed by atoms with Gasteiger partial charge in [-0.15, -0.1) is 11.8 Å². The fourth-order valence-electron chi connectivity index (χ4n) is 2.97. The third-order valence-electron chi connectivity index (χ3n) is 4.43. The number of benzene rings is 2. The lowest BCUT2D eigenvalue weighted by Gasteiger charge is -2.39. The Morgan fingerprint density at radius 3 is 2.54 bits per heavy atom. The molecule has 4 N–H and O–H groups in total. The molecule has 6 nitrogen and oxygen atoms in total. The third-order valence-corrected chi connectivity index (χ3v) is 5.67. The van der Waals surface area contributed by atoms with Crippen LogP contribution in [-0.4, -0.2) is 69.2 Å². The standard InChI is InChI=1S/C19H24O6S/c20-11-15-16(21)17(22)18(23)19(25-15)26-10-4-9-24-14-8-3-6-12-5-1-2-7-13(12)14/h1-3,5-8,15-23H,4,9-11H2/t15-,16-,17+,18-,19+/m1/s1. The number of hydrogen-bond acceptors (Lipinski definition) is 7. The summed E-state index contributed by atoms with van der Waals surface area (Å²) in [4.78, 5) is 0. The fourth-order valence-corrected chi connectivity index (χ4v) is 4.06. The highest BCUT2D eigenvalue weighted by Crippen LogP contribution is 2.29. The number of aliphatic hydroxyl groups is 4. The van der Waals surface area contributed by atoms with E-state index in [1.54, 1.807) is 0 Å². The Balaban J connectivity index is 1.47. The van der Waals surface area contributed by atoms with E-state index >= 15 is 0 Å². The van der Waals surface area contributed by atoms with Crippen LogP contribution in [0.5, 0.6) is 5.75 Å². The van der Waals surface area contributed by atoms with Crippen molar-refractivity contribution in [2.75, 3.05) is 19.0 Å². The minimum Gasteiger partial charge on any atom is -0.493 e. The second kappa shape index (κ2) is 9.03. The van der Waals surface area contributed by atoms with Crippen LogP contribution in [0.25, 0.3) is 10.8 Å². The molecule has 0 radical (unpaired) electrons. The van der Waals surface area contributed by atoms with E-state index in [1.165, 1.54) is 11.8 Å². The Morgan fingerprint density at radius 1 is 0.962 bits per heavy atom. The Labute approximate surface area is 156 Å². The molecule has 1 aliphatic rings. The molecule has 2 aromatic carbocycles. The number of rotatable bonds is 7. The Morgan fingerprint density at radius 2 is 1.73 bits per heavy atom. The SMILES string of the molecule is OC[C@H]1O[C@@H](SCCCOc2cccc3ccccc23)[C@H](O)[C@@H](O)[C@@H]1O. The van der Waals surface area contributed by atoms with E-state index < -0.39 is 36.5 Å². The maximum Gasteiger partial charge on any atom is 0.132 e. The van der Waals surface area contributed by atoms with Gasteiger partial charge in [-0.05, 0) is 23.6 Å². The Bertz CT molecular complexity index is 704. The zero-order valence-electron chi connectivity index (χ0n) is 14.3. The monoisotopic (exact) mass is 380 g/mol. The van der Waals surface area contributed by atoms with Gasteiger partial charge in [0.05, 0.1) is 13.2 Å². The van der Waals surface area contributed by atoms with Gasteiger partial charge in [0.25, 0.3) is 0 Å². The van der Waals surface area contributed by atoms with Gasteiger partial charge in [0.15, 0.2) is 0 Å². The Kier molecular flexibility index (Phi) is 6.74. The van der Waals surface area contributed by atoms with Crippen LogP contribution in [0.2, 0.25) is 0 Å². The molecule has 1 saturated heterocycles. The van der Waals surface area contributed by atoms with Crippen molar-refractivity contribution in [2.24, 2.45) is 0 Å². The smallest absolute Gasteiger partial charge is 0.132 e. The van der Waals surface area contributed by atoms with Gasteiger partial charge in [-0.1, -0.05) is 36.4 Å². The van der Waals surface area contributed by atoms with E-state index in [9.17, 15) is 20.4 Å². The molecule has 2 aromatic rings. The van der Waals surface area contributed by atoms with Crippen LogP contribution in [0.4, 0.5) is 0 Å². The van der Waals surface area contributed by atoms with Gasteiger partial charge in [0.2, 0.25) is 0 Å². The maximum absolute atomic E-state index is 10.0. The van der Waals surface area contributed by atoms with Gasteiger partial charge in [-0.25, -0.2) is 0 Å². The van der Waals surface area contributed by atoms with Gasteiger partial charge < -0.3 is 29.9 Å². The highest BCUT2D eigenvalue weighted by Gasteiger charge is 2.43. The van der Waals surface area contributed by atoms with Crippen molar-refractivity contribution in [2.45, 2.75) is 36.3 Å². The first-order chi connectivity index (χ1) is 12.6. The number of aliphatic hydroxyl groups excluding tert-OH is 4. The van der Waals surface area contributed by atoms with Crippen molar-refractivity contribution in [1.82, 2.24) is 0 Å². The topological polar surface area (TPSA) is 99.4 Å². The molecular weight excluding hydrogens is 356 g/mol. The maximum atomic E-state index is 10.0. The van der Waals surface area contributed by atoms with Crippen LogP contribution in [-0.2, 0) is 4.74 Å². The summed E-state index contributed by atoms with van der Waals surface area (Å²) in [5, 5.41) is 41.0. The number of hydrogen-bond donors (Lipinski definition) is 4. The normalized spacial score (nSPS) is 29.0. The van der Waals surface area contributed by atoms with Gasteiger partial charge in [0.1, 0.15) is 35.6 Å². The molecule has 0 aromatic heterocycles. The minimum absolute atomic E-state index is 0.411. The van der Waals surface area contributed by atoms with Crippen molar-refractivity contribution < 1.29 is 29.9 Å². The average molecular weight is 380 g/mol. The molecule has 0 saturated carbocycles. The molecule has 1 aliphatic heterocycles. The van der Waals surface area contributed by atoms with Crippen LogP contribution < -0.4 is 4.74 Å². The van der Waals surface area contributed by atoms with E-state index in [0.717, 1.165) is 22.9 Å². The molecule has 0 spiro atoms. The molecule has 7 heteroatoms. The summed E-state index contributed by atoms with van der Waals surface area (Å²) in [6.45, 7) is 0.102. The van der Waals surface area contributed by atoms with E-state index in [1.807, 2.05) is 42.5 Å². The summed E-state index contributed by atoms with van der Waals surface area (Å²) in [5.41, 5.74) is -0.692. The first-order valence-corrected chi connectivity index (χ1v) is 9.69. The van der Waals surface area contributed by atoms with Crippen LogP contribution >= 0.6 is 11.8 Å². The summed E-state index contributed by atoms with van der Waals surface area (Å²) < 4.78 is 11.3. The van der Waals surface area contributed by atoms with Crippen LogP contribution in [0.15, 0.2) is 42.5 Å². The summed E-state index contributed by atoms with van der Waals surface area (Å²) in [5.74, 6) is 1.48. The van der Waals surface area contributed by atoms with Crippen molar-refractivity contribution in [3.05, 3.63) is 42.5 Å². The number of fused-ring (bicyclic) bond motifs is 1. The molecular formula is C19H24O6S. The third kappa shape index (κ3) is 4.31. The molecule has 1 heterocycles. The molecule has 3 rings (SSSR count). The van der Waals surface area contributed by atoms with Gasteiger partial charge >= 0.3 is 0 Å². The van der Waals surface area contributed by atoms with Crippen molar-refractivity contribution in [1.29, 1.82) is 0 Å². The first-order valence-electron chi connectivity index (χ1n) is 8.64. The van der Waals surface area contributed by atoms with E-state index in [4.69, 9.17) is 9.47 Å². The number of thioether (sulfide) groups is 1. The van der Waals surface area contributed by atoms with Crippen molar-refractivity contribution >= 4 is 22.5 Å². The highest BCUT2D eigenvalue weighted by molar-refractivity contribution is 7.99. The molecule has 0 amide bonds. The predicted octanol–water partition coefficient (Wildman–Crippen LogP) is 1.14. The summed E-state index contributed by atoms with van der Waals surface area (Å²) in [6, 6.07) is 14.0. The fraction of sp³-hybridized carbons (Fsp3) is 0.474. The molecule has 0 unspecified atom stereocenters. The molecule has 0 aliphatic carbocycles.